The number of benzene rings is 2. The Morgan fingerprint density at radius 1 is 1.03 bits per heavy atom. The molecule has 0 aliphatic carbocycles. The van der Waals surface area contributed by atoms with Gasteiger partial charge < -0.3 is 0 Å². The lowest BCUT2D eigenvalue weighted by molar-refractivity contribution is 0.0956. The molecular formula is C25H23N3OS. The second-order valence-corrected chi connectivity index (χ2v) is 9.07. The lowest BCUT2D eigenvalue weighted by Gasteiger charge is -2.18. The summed E-state index contributed by atoms with van der Waals surface area (Å²) in [5.41, 5.74) is 7.09. The highest BCUT2D eigenvalue weighted by atomic mass is 32.1. The standard InChI is InChI=1S/C25H23N3OS/c1-25(2,3)18-12-10-17(11-13-18)16-26-28-24(29)20-15-22(23-9-6-14-30-23)27-21-8-5-4-7-19(20)21/h4-16H,1-3H3,(H,28,29)/b26-16+. The number of thiophene rings is 1. The van der Waals surface area contributed by atoms with E-state index < -0.39 is 0 Å². The first-order valence-electron chi connectivity index (χ1n) is 9.79. The Labute approximate surface area is 180 Å². The number of nitrogens with zero attached hydrogens (tertiary/aromatic N) is 2. The van der Waals surface area contributed by atoms with Crippen molar-refractivity contribution in [2.45, 2.75) is 26.2 Å². The van der Waals surface area contributed by atoms with Gasteiger partial charge in [-0.25, -0.2) is 10.4 Å². The maximum Gasteiger partial charge on any atom is 0.272 e. The van der Waals surface area contributed by atoms with Crippen LogP contribution >= 0.6 is 11.3 Å². The summed E-state index contributed by atoms with van der Waals surface area (Å²) in [4.78, 5) is 18.6. The van der Waals surface area contributed by atoms with Crippen LogP contribution in [0.1, 0.15) is 42.3 Å². The van der Waals surface area contributed by atoms with Crippen LogP contribution in [0.3, 0.4) is 0 Å². The Balaban J connectivity index is 1.58. The van der Waals surface area contributed by atoms with Crippen LogP contribution in [0.25, 0.3) is 21.5 Å². The van der Waals surface area contributed by atoms with Crippen molar-refractivity contribution in [2.24, 2.45) is 5.10 Å². The van der Waals surface area contributed by atoms with Crippen LogP contribution in [0.5, 0.6) is 0 Å². The third-order valence-electron chi connectivity index (χ3n) is 4.89. The van der Waals surface area contributed by atoms with Crippen molar-refractivity contribution in [3.63, 3.8) is 0 Å². The van der Waals surface area contributed by atoms with E-state index in [1.54, 1.807) is 17.6 Å². The van der Waals surface area contributed by atoms with Gasteiger partial charge in [-0.1, -0.05) is 69.3 Å². The average molecular weight is 414 g/mol. The second-order valence-electron chi connectivity index (χ2n) is 8.12. The minimum atomic E-state index is -0.256. The van der Waals surface area contributed by atoms with Gasteiger partial charge in [0.1, 0.15) is 0 Å². The van der Waals surface area contributed by atoms with Gasteiger partial charge in [0.05, 0.1) is 27.9 Å². The quantitative estimate of drug-likeness (QED) is 0.328. The zero-order valence-electron chi connectivity index (χ0n) is 17.2. The largest absolute Gasteiger partial charge is 0.272 e. The van der Waals surface area contributed by atoms with Crippen LogP contribution in [0.2, 0.25) is 0 Å². The summed E-state index contributed by atoms with van der Waals surface area (Å²) in [6, 6.07) is 21.7. The number of hydrogen-bond acceptors (Lipinski definition) is 4. The topological polar surface area (TPSA) is 54.4 Å². The third-order valence-corrected chi connectivity index (χ3v) is 5.78. The molecule has 1 N–H and O–H groups in total. The molecule has 4 aromatic rings. The van der Waals surface area contributed by atoms with Crippen molar-refractivity contribution in [3.05, 3.63) is 88.8 Å². The van der Waals surface area contributed by atoms with Gasteiger partial charge in [0.25, 0.3) is 5.91 Å². The average Bonchev–Trinajstić information content (AvgIpc) is 3.27. The molecule has 0 spiro atoms. The highest BCUT2D eigenvalue weighted by Gasteiger charge is 2.14. The zero-order valence-corrected chi connectivity index (χ0v) is 18.0. The van der Waals surface area contributed by atoms with E-state index in [0.717, 1.165) is 27.0 Å². The fourth-order valence-electron chi connectivity index (χ4n) is 3.21. The Bertz CT molecular complexity index is 1200. The van der Waals surface area contributed by atoms with Gasteiger partial charge >= 0.3 is 0 Å². The summed E-state index contributed by atoms with van der Waals surface area (Å²) in [6.07, 6.45) is 1.66. The van der Waals surface area contributed by atoms with Gasteiger partial charge in [-0.05, 0) is 40.1 Å². The zero-order chi connectivity index (χ0) is 21.1. The SMILES string of the molecule is CC(C)(C)c1ccc(/C=N/NC(=O)c2cc(-c3cccs3)nc3ccccc23)cc1. The fourth-order valence-corrected chi connectivity index (χ4v) is 3.89. The Morgan fingerprint density at radius 2 is 1.80 bits per heavy atom. The van der Waals surface area contributed by atoms with Crippen molar-refractivity contribution in [1.29, 1.82) is 0 Å². The predicted octanol–water partition coefficient (Wildman–Crippen LogP) is 6.02. The summed E-state index contributed by atoms with van der Waals surface area (Å²) >= 11 is 1.60. The molecule has 4 rings (SSSR count). The molecule has 0 saturated carbocycles. The van der Waals surface area contributed by atoms with Gasteiger partial charge in [-0.15, -0.1) is 11.3 Å². The monoisotopic (exact) mass is 413 g/mol. The number of hydrazone groups is 1. The number of carbonyl (C=O) groups excluding carboxylic acids is 1. The first kappa shape index (κ1) is 20.0. The third kappa shape index (κ3) is 4.31. The summed E-state index contributed by atoms with van der Waals surface area (Å²) in [7, 11) is 0. The predicted molar refractivity (Wildman–Crippen MR) is 125 cm³/mol. The van der Waals surface area contributed by atoms with Gasteiger partial charge in [-0.3, -0.25) is 4.79 Å². The van der Waals surface area contributed by atoms with E-state index >= 15 is 0 Å². The maximum absolute atomic E-state index is 12.9. The molecule has 0 bridgehead atoms. The van der Waals surface area contributed by atoms with E-state index in [1.165, 1.54) is 5.56 Å². The molecule has 2 aromatic heterocycles. The summed E-state index contributed by atoms with van der Waals surface area (Å²) in [5.74, 6) is -0.256. The molecule has 5 heteroatoms. The lowest BCUT2D eigenvalue weighted by atomic mass is 9.87. The Morgan fingerprint density at radius 3 is 2.50 bits per heavy atom. The number of carbonyl (C=O) groups is 1. The summed E-state index contributed by atoms with van der Waals surface area (Å²) < 4.78 is 0. The second kappa shape index (κ2) is 8.20. The molecule has 4 nitrogen and oxygen atoms in total. The smallest absolute Gasteiger partial charge is 0.267 e. The van der Waals surface area contributed by atoms with E-state index in [-0.39, 0.29) is 11.3 Å². The van der Waals surface area contributed by atoms with Crippen LogP contribution in [-0.2, 0) is 5.41 Å². The highest BCUT2D eigenvalue weighted by Crippen LogP contribution is 2.28. The summed E-state index contributed by atoms with van der Waals surface area (Å²) in [6.45, 7) is 6.54. The van der Waals surface area contributed by atoms with E-state index in [2.05, 4.69) is 43.4 Å². The number of pyridine rings is 1. The molecule has 30 heavy (non-hydrogen) atoms. The van der Waals surface area contributed by atoms with Crippen molar-refractivity contribution in [3.8, 4) is 10.6 Å². The fraction of sp³-hybridized carbons (Fsp3) is 0.160. The van der Waals surface area contributed by atoms with E-state index in [9.17, 15) is 4.79 Å². The number of amides is 1. The van der Waals surface area contributed by atoms with E-state index in [4.69, 9.17) is 4.98 Å². The molecule has 0 atom stereocenters. The van der Waals surface area contributed by atoms with Crippen LogP contribution in [0.4, 0.5) is 0 Å². The van der Waals surface area contributed by atoms with E-state index in [1.807, 2.05) is 60.0 Å². The molecule has 0 saturated heterocycles. The number of fused-ring (bicyclic) bond motifs is 1. The number of aromatic nitrogens is 1. The number of rotatable bonds is 4. The van der Waals surface area contributed by atoms with Crippen molar-refractivity contribution < 1.29 is 4.79 Å². The van der Waals surface area contributed by atoms with E-state index in [0.29, 0.717) is 5.56 Å². The normalized spacial score (nSPS) is 11.8. The van der Waals surface area contributed by atoms with Crippen molar-refractivity contribution in [1.82, 2.24) is 10.4 Å². The van der Waals surface area contributed by atoms with Gasteiger partial charge in [0.15, 0.2) is 0 Å². The first-order chi connectivity index (χ1) is 14.4. The summed E-state index contributed by atoms with van der Waals surface area (Å²) in [5, 5.41) is 6.97. The molecular weight excluding hydrogens is 390 g/mol. The molecule has 1 amide bonds. The molecule has 2 aromatic carbocycles. The van der Waals surface area contributed by atoms with Gasteiger partial charge in [-0.2, -0.15) is 5.10 Å². The molecule has 0 aliphatic rings. The molecule has 150 valence electrons. The number of nitrogens with one attached hydrogen (secondary N) is 1. The number of para-hydroxylation sites is 1. The Kier molecular flexibility index (Phi) is 5.46. The first-order valence-corrected chi connectivity index (χ1v) is 10.7. The molecule has 0 aliphatic heterocycles. The highest BCUT2D eigenvalue weighted by molar-refractivity contribution is 7.13. The van der Waals surface area contributed by atoms with Gasteiger partial charge in [0, 0.05) is 5.39 Å². The van der Waals surface area contributed by atoms with Crippen LogP contribution < -0.4 is 5.43 Å². The lowest BCUT2D eigenvalue weighted by Crippen LogP contribution is -2.18. The molecule has 0 fully saturated rings. The van der Waals surface area contributed by atoms with Crippen molar-refractivity contribution in [2.75, 3.05) is 0 Å². The van der Waals surface area contributed by atoms with Gasteiger partial charge in [0.2, 0.25) is 0 Å². The van der Waals surface area contributed by atoms with Crippen LogP contribution in [-0.4, -0.2) is 17.1 Å². The number of hydrogen-bond donors (Lipinski definition) is 1. The van der Waals surface area contributed by atoms with Crippen LogP contribution in [0.15, 0.2) is 77.2 Å². The van der Waals surface area contributed by atoms with Crippen LogP contribution in [0, 0.1) is 0 Å². The minimum absolute atomic E-state index is 0.104. The molecule has 0 radical (unpaired) electrons. The minimum Gasteiger partial charge on any atom is -0.267 e. The van der Waals surface area contributed by atoms with Crippen molar-refractivity contribution >= 4 is 34.4 Å². The molecule has 0 unspecified atom stereocenters. The Hall–Kier alpha value is -3.31. The maximum atomic E-state index is 12.9. The molecule has 2 heterocycles.